The normalized spacial score (nSPS) is 19.2. The number of phenols is 1. The van der Waals surface area contributed by atoms with Gasteiger partial charge in [0.1, 0.15) is 5.75 Å². The van der Waals surface area contributed by atoms with Gasteiger partial charge < -0.3 is 10.8 Å². The molecule has 1 saturated carbocycles. The van der Waals surface area contributed by atoms with E-state index >= 15 is 0 Å². The molecule has 0 aliphatic heterocycles. The highest BCUT2D eigenvalue weighted by Crippen LogP contribution is 2.40. The van der Waals surface area contributed by atoms with Crippen molar-refractivity contribution in [1.82, 2.24) is 0 Å². The van der Waals surface area contributed by atoms with Crippen molar-refractivity contribution in [3.05, 3.63) is 27.7 Å². The number of hydrogen-bond donors (Lipinski definition) is 2. The molecule has 1 aromatic rings. The molecule has 0 saturated heterocycles. The molecule has 0 radical (unpaired) electrons. The SMILES string of the molecule is N[C@@H](c1c(O)cc(Cl)cc1Cl)C1CCCCC1. The standard InChI is InChI=1S/C13H17Cl2NO/c14-9-6-10(15)12(11(17)7-9)13(16)8-4-2-1-3-5-8/h6-8,13,17H,1-5,16H2/t13-/m1/s1. The maximum absolute atomic E-state index is 9.92. The lowest BCUT2D eigenvalue weighted by Gasteiger charge is -2.28. The van der Waals surface area contributed by atoms with Gasteiger partial charge in [-0.2, -0.15) is 0 Å². The third kappa shape index (κ3) is 2.87. The van der Waals surface area contributed by atoms with Crippen molar-refractivity contribution < 1.29 is 5.11 Å². The van der Waals surface area contributed by atoms with Crippen molar-refractivity contribution in [2.24, 2.45) is 11.7 Å². The quantitative estimate of drug-likeness (QED) is 0.845. The van der Waals surface area contributed by atoms with Crippen molar-refractivity contribution in [3.63, 3.8) is 0 Å². The number of aromatic hydroxyl groups is 1. The Balaban J connectivity index is 2.26. The summed E-state index contributed by atoms with van der Waals surface area (Å²) in [4.78, 5) is 0. The molecule has 94 valence electrons. The first-order valence-corrected chi connectivity index (χ1v) is 6.78. The minimum atomic E-state index is -0.194. The van der Waals surface area contributed by atoms with E-state index in [0.29, 0.717) is 21.5 Å². The molecule has 2 rings (SSSR count). The van der Waals surface area contributed by atoms with E-state index in [9.17, 15) is 5.11 Å². The number of hydrogen-bond acceptors (Lipinski definition) is 2. The van der Waals surface area contributed by atoms with Gasteiger partial charge in [-0.1, -0.05) is 42.5 Å². The number of nitrogens with two attached hydrogens (primary N) is 1. The zero-order chi connectivity index (χ0) is 12.4. The van der Waals surface area contributed by atoms with Crippen LogP contribution in [0.2, 0.25) is 10.0 Å². The molecule has 1 aliphatic carbocycles. The van der Waals surface area contributed by atoms with Crippen molar-refractivity contribution in [2.75, 3.05) is 0 Å². The topological polar surface area (TPSA) is 46.2 Å². The first kappa shape index (κ1) is 13.0. The van der Waals surface area contributed by atoms with Crippen LogP contribution in [0.1, 0.15) is 43.7 Å². The minimum Gasteiger partial charge on any atom is -0.508 e. The molecule has 0 heterocycles. The van der Waals surface area contributed by atoms with E-state index < -0.39 is 0 Å². The predicted molar refractivity (Wildman–Crippen MR) is 71.6 cm³/mol. The van der Waals surface area contributed by atoms with Crippen LogP contribution in [0.4, 0.5) is 0 Å². The molecule has 3 N–H and O–H groups in total. The molecule has 0 amide bonds. The van der Waals surface area contributed by atoms with Gasteiger partial charge in [0.2, 0.25) is 0 Å². The molecule has 1 aromatic carbocycles. The van der Waals surface area contributed by atoms with Gasteiger partial charge in [-0.15, -0.1) is 0 Å². The molecule has 0 bridgehead atoms. The Bertz CT molecular complexity index is 379. The van der Waals surface area contributed by atoms with Gasteiger partial charge >= 0.3 is 0 Å². The van der Waals surface area contributed by atoms with Crippen molar-refractivity contribution in [3.8, 4) is 5.75 Å². The monoisotopic (exact) mass is 273 g/mol. The maximum atomic E-state index is 9.92. The second-order valence-corrected chi connectivity index (χ2v) is 5.59. The third-order valence-electron chi connectivity index (χ3n) is 3.56. The minimum absolute atomic E-state index is 0.112. The summed E-state index contributed by atoms with van der Waals surface area (Å²) in [7, 11) is 0. The van der Waals surface area contributed by atoms with Gasteiger partial charge in [0.25, 0.3) is 0 Å². The summed E-state index contributed by atoms with van der Waals surface area (Å²) in [6, 6.07) is 2.95. The fourth-order valence-corrected chi connectivity index (χ4v) is 3.24. The molecule has 2 nitrogen and oxygen atoms in total. The molecule has 0 unspecified atom stereocenters. The Morgan fingerprint density at radius 2 is 1.82 bits per heavy atom. The summed E-state index contributed by atoms with van der Waals surface area (Å²) >= 11 is 12.0. The van der Waals surface area contributed by atoms with Crippen LogP contribution in [0.25, 0.3) is 0 Å². The summed E-state index contributed by atoms with van der Waals surface area (Å²) in [5.41, 5.74) is 6.88. The molecule has 1 aliphatic rings. The van der Waals surface area contributed by atoms with Crippen LogP contribution in [0.3, 0.4) is 0 Å². The Morgan fingerprint density at radius 3 is 2.41 bits per heavy atom. The summed E-state index contributed by atoms with van der Waals surface area (Å²) in [5.74, 6) is 0.522. The second kappa shape index (κ2) is 5.47. The maximum Gasteiger partial charge on any atom is 0.123 e. The molecule has 4 heteroatoms. The van der Waals surface area contributed by atoms with Crippen molar-refractivity contribution in [1.29, 1.82) is 0 Å². The van der Waals surface area contributed by atoms with Gasteiger partial charge in [-0.3, -0.25) is 0 Å². The van der Waals surface area contributed by atoms with Gasteiger partial charge in [-0.05, 0) is 30.9 Å². The highest BCUT2D eigenvalue weighted by molar-refractivity contribution is 6.35. The molecule has 0 aromatic heterocycles. The van der Waals surface area contributed by atoms with Gasteiger partial charge in [0.15, 0.2) is 0 Å². The lowest BCUT2D eigenvalue weighted by atomic mass is 9.81. The van der Waals surface area contributed by atoms with Crippen LogP contribution in [0.5, 0.6) is 5.75 Å². The molecule has 1 fully saturated rings. The van der Waals surface area contributed by atoms with Gasteiger partial charge in [0.05, 0.1) is 5.02 Å². The highest BCUT2D eigenvalue weighted by Gasteiger charge is 2.25. The first-order valence-electron chi connectivity index (χ1n) is 6.03. The first-order chi connectivity index (χ1) is 8.09. The lowest BCUT2D eigenvalue weighted by Crippen LogP contribution is -2.24. The Morgan fingerprint density at radius 1 is 1.18 bits per heavy atom. The Labute approximate surface area is 112 Å². The summed E-state index contributed by atoms with van der Waals surface area (Å²) in [6.07, 6.45) is 5.93. The fourth-order valence-electron chi connectivity index (χ4n) is 2.63. The number of rotatable bonds is 2. The molecular formula is C13H17Cl2NO. The van der Waals surface area contributed by atoms with E-state index in [1.54, 1.807) is 6.07 Å². The van der Waals surface area contributed by atoms with E-state index in [0.717, 1.165) is 12.8 Å². The van der Waals surface area contributed by atoms with E-state index in [2.05, 4.69) is 0 Å². The van der Waals surface area contributed by atoms with Gasteiger partial charge in [-0.25, -0.2) is 0 Å². The second-order valence-electron chi connectivity index (χ2n) is 4.74. The Hall–Kier alpha value is -0.440. The van der Waals surface area contributed by atoms with E-state index in [1.807, 2.05) is 0 Å². The average molecular weight is 274 g/mol. The van der Waals surface area contributed by atoms with Crippen LogP contribution >= 0.6 is 23.2 Å². The summed E-state index contributed by atoms with van der Waals surface area (Å²) in [6.45, 7) is 0. The smallest absolute Gasteiger partial charge is 0.123 e. The van der Waals surface area contributed by atoms with Crippen LogP contribution < -0.4 is 5.73 Å². The number of phenolic OH excluding ortho intramolecular Hbond substituents is 1. The molecule has 0 spiro atoms. The highest BCUT2D eigenvalue weighted by atomic mass is 35.5. The third-order valence-corrected chi connectivity index (χ3v) is 4.09. The Kier molecular flexibility index (Phi) is 4.18. The van der Waals surface area contributed by atoms with Crippen molar-refractivity contribution >= 4 is 23.2 Å². The molecular weight excluding hydrogens is 257 g/mol. The zero-order valence-electron chi connectivity index (χ0n) is 9.63. The van der Waals surface area contributed by atoms with Crippen molar-refractivity contribution in [2.45, 2.75) is 38.1 Å². The molecule has 17 heavy (non-hydrogen) atoms. The number of halogens is 2. The summed E-state index contributed by atoms with van der Waals surface area (Å²) in [5, 5.41) is 10.8. The van der Waals surface area contributed by atoms with Crippen LogP contribution in [-0.4, -0.2) is 5.11 Å². The van der Waals surface area contributed by atoms with Crippen LogP contribution in [0.15, 0.2) is 12.1 Å². The molecule has 1 atom stereocenters. The summed E-state index contributed by atoms with van der Waals surface area (Å²) < 4.78 is 0. The van der Waals surface area contributed by atoms with E-state index in [-0.39, 0.29) is 11.8 Å². The zero-order valence-corrected chi connectivity index (χ0v) is 11.1. The average Bonchev–Trinajstić information content (AvgIpc) is 2.28. The van der Waals surface area contributed by atoms with Gasteiger partial charge in [0, 0.05) is 16.6 Å². The van der Waals surface area contributed by atoms with Crippen LogP contribution in [0, 0.1) is 5.92 Å². The predicted octanol–water partition coefficient (Wildman–Crippen LogP) is 4.28. The van der Waals surface area contributed by atoms with E-state index in [1.165, 1.54) is 25.3 Å². The lowest BCUT2D eigenvalue weighted by molar-refractivity contribution is 0.303. The number of benzene rings is 1. The van der Waals surface area contributed by atoms with E-state index in [4.69, 9.17) is 28.9 Å². The fraction of sp³-hybridized carbons (Fsp3) is 0.538. The largest absolute Gasteiger partial charge is 0.508 e. The van der Waals surface area contributed by atoms with Crippen LogP contribution in [-0.2, 0) is 0 Å².